The number of methoxy groups -OCH3 is 1. The highest BCUT2D eigenvalue weighted by molar-refractivity contribution is 5.98. The lowest BCUT2D eigenvalue weighted by Gasteiger charge is -2.40. The van der Waals surface area contributed by atoms with Crippen molar-refractivity contribution in [1.29, 1.82) is 0 Å². The van der Waals surface area contributed by atoms with E-state index in [0.29, 0.717) is 31.9 Å². The van der Waals surface area contributed by atoms with Gasteiger partial charge in [0.1, 0.15) is 0 Å². The number of ether oxygens (including phenoxy) is 2. The summed E-state index contributed by atoms with van der Waals surface area (Å²) >= 11 is 0. The molecule has 1 saturated heterocycles. The maximum atomic E-state index is 13.1. The van der Waals surface area contributed by atoms with E-state index in [9.17, 15) is 4.79 Å². The summed E-state index contributed by atoms with van der Waals surface area (Å²) in [5, 5.41) is 5.29. The Morgan fingerprint density at radius 1 is 1.46 bits per heavy atom. The van der Waals surface area contributed by atoms with Gasteiger partial charge in [-0.25, -0.2) is 9.67 Å². The third-order valence-electron chi connectivity index (χ3n) is 4.94. The molecule has 0 radical (unpaired) electrons. The number of morpholine rings is 1. The molecule has 1 unspecified atom stereocenters. The highest BCUT2D eigenvalue weighted by atomic mass is 16.5. The predicted octanol–water partition coefficient (Wildman–Crippen LogP) is 2.59. The van der Waals surface area contributed by atoms with Crippen molar-refractivity contribution in [2.75, 3.05) is 33.4 Å². The number of hydrogen-bond donors (Lipinski definition) is 0. The van der Waals surface area contributed by atoms with Gasteiger partial charge in [0.2, 0.25) is 0 Å². The largest absolute Gasteiger partial charge is 0.385 e. The van der Waals surface area contributed by atoms with Gasteiger partial charge in [-0.05, 0) is 33.8 Å². The van der Waals surface area contributed by atoms with Crippen molar-refractivity contribution in [2.24, 2.45) is 0 Å². The maximum Gasteiger partial charge on any atom is 0.255 e. The van der Waals surface area contributed by atoms with Crippen molar-refractivity contribution >= 4 is 16.9 Å². The van der Waals surface area contributed by atoms with Crippen LogP contribution < -0.4 is 0 Å². The lowest BCUT2D eigenvalue weighted by Crippen LogP contribution is -2.52. The van der Waals surface area contributed by atoms with Crippen molar-refractivity contribution in [1.82, 2.24) is 19.7 Å². The Kier molecular flexibility index (Phi) is 5.29. The van der Waals surface area contributed by atoms with Crippen LogP contribution in [0.15, 0.2) is 12.3 Å². The molecule has 1 fully saturated rings. The fourth-order valence-electron chi connectivity index (χ4n) is 3.40. The van der Waals surface area contributed by atoms with E-state index in [1.807, 2.05) is 29.5 Å². The second-order valence-electron chi connectivity index (χ2n) is 7.48. The average Bonchev–Trinajstić information content (AvgIpc) is 3.01. The van der Waals surface area contributed by atoms with Crippen molar-refractivity contribution in [3.63, 3.8) is 0 Å². The molecule has 2 aromatic heterocycles. The van der Waals surface area contributed by atoms with Crippen molar-refractivity contribution in [3.05, 3.63) is 23.5 Å². The molecule has 7 heteroatoms. The summed E-state index contributed by atoms with van der Waals surface area (Å²) < 4.78 is 13.0. The summed E-state index contributed by atoms with van der Waals surface area (Å²) in [5.41, 5.74) is 1.81. The molecule has 0 saturated carbocycles. The monoisotopic (exact) mass is 360 g/mol. The van der Waals surface area contributed by atoms with Gasteiger partial charge in [-0.1, -0.05) is 0 Å². The lowest BCUT2D eigenvalue weighted by molar-refractivity contribution is -0.0997. The number of amides is 1. The first kappa shape index (κ1) is 18.8. The zero-order valence-electron chi connectivity index (χ0n) is 16.3. The highest BCUT2D eigenvalue weighted by Gasteiger charge is 2.34. The quantitative estimate of drug-likeness (QED) is 0.820. The fraction of sp³-hybridized carbons (Fsp3) is 0.632. The molecule has 0 bridgehead atoms. The molecule has 0 aliphatic carbocycles. The molecule has 1 atom stereocenters. The Morgan fingerprint density at radius 2 is 2.23 bits per heavy atom. The Morgan fingerprint density at radius 3 is 2.92 bits per heavy atom. The molecule has 3 rings (SSSR count). The Labute approximate surface area is 154 Å². The number of fused-ring (bicyclic) bond motifs is 1. The van der Waals surface area contributed by atoms with Gasteiger partial charge < -0.3 is 14.4 Å². The summed E-state index contributed by atoms with van der Waals surface area (Å²) in [6.45, 7) is 10.3. The minimum Gasteiger partial charge on any atom is -0.385 e. The number of nitrogens with zero attached hydrogens (tertiary/aromatic N) is 4. The minimum atomic E-state index is -0.377. The molecule has 26 heavy (non-hydrogen) atoms. The molecule has 0 aromatic carbocycles. The van der Waals surface area contributed by atoms with E-state index < -0.39 is 0 Å². The van der Waals surface area contributed by atoms with Crippen LogP contribution in [-0.2, 0) is 9.47 Å². The van der Waals surface area contributed by atoms with Crippen LogP contribution in [0.3, 0.4) is 0 Å². The van der Waals surface area contributed by atoms with Crippen LogP contribution in [0.1, 0.15) is 49.3 Å². The van der Waals surface area contributed by atoms with Crippen LogP contribution in [0.2, 0.25) is 0 Å². The van der Waals surface area contributed by atoms with Crippen LogP contribution in [-0.4, -0.2) is 64.6 Å². The van der Waals surface area contributed by atoms with Crippen LogP contribution >= 0.6 is 0 Å². The number of pyridine rings is 1. The smallest absolute Gasteiger partial charge is 0.255 e. The van der Waals surface area contributed by atoms with E-state index in [0.717, 1.165) is 23.1 Å². The zero-order valence-corrected chi connectivity index (χ0v) is 16.3. The van der Waals surface area contributed by atoms with Gasteiger partial charge >= 0.3 is 0 Å². The first-order valence-corrected chi connectivity index (χ1v) is 9.11. The van der Waals surface area contributed by atoms with E-state index in [1.165, 1.54) is 0 Å². The summed E-state index contributed by atoms with van der Waals surface area (Å²) in [5.74, 6) is 0.00105. The summed E-state index contributed by atoms with van der Waals surface area (Å²) in [6.07, 6.45) is 2.53. The predicted molar refractivity (Wildman–Crippen MR) is 99.4 cm³/mol. The van der Waals surface area contributed by atoms with Gasteiger partial charge in [-0.2, -0.15) is 5.10 Å². The molecule has 142 valence electrons. The number of rotatable bonds is 5. The van der Waals surface area contributed by atoms with Gasteiger partial charge in [-0.3, -0.25) is 4.79 Å². The molecule has 3 heterocycles. The maximum absolute atomic E-state index is 13.1. The number of hydrogen-bond acceptors (Lipinski definition) is 5. The van der Waals surface area contributed by atoms with Crippen LogP contribution in [0.5, 0.6) is 0 Å². The van der Waals surface area contributed by atoms with E-state index in [4.69, 9.17) is 9.47 Å². The molecule has 0 N–H and O–H groups in total. The molecule has 7 nitrogen and oxygen atoms in total. The average molecular weight is 360 g/mol. The van der Waals surface area contributed by atoms with Gasteiger partial charge in [0.25, 0.3) is 5.91 Å². The van der Waals surface area contributed by atoms with Gasteiger partial charge in [0.15, 0.2) is 5.65 Å². The van der Waals surface area contributed by atoms with E-state index in [1.54, 1.807) is 13.3 Å². The van der Waals surface area contributed by atoms with Crippen molar-refractivity contribution in [2.45, 2.75) is 45.8 Å². The molecular weight excluding hydrogens is 332 g/mol. The third kappa shape index (κ3) is 3.59. The second-order valence-corrected chi connectivity index (χ2v) is 7.48. The Hall–Kier alpha value is -1.99. The van der Waals surface area contributed by atoms with E-state index in [-0.39, 0.29) is 17.6 Å². The van der Waals surface area contributed by atoms with Gasteiger partial charge in [-0.15, -0.1) is 0 Å². The molecule has 0 spiro atoms. The van der Waals surface area contributed by atoms with Gasteiger partial charge in [0, 0.05) is 44.7 Å². The minimum absolute atomic E-state index is 0.00105. The number of aryl methyl sites for hydroxylation is 1. The first-order valence-electron chi connectivity index (χ1n) is 9.11. The standard InChI is InChI=1S/C19H28N4O3/c1-13(2)23-17-15(11-20-23)10-16(14(3)21-17)18(24)22-7-9-26-19(4,12-22)6-8-25-5/h10-11,13H,6-9,12H2,1-5H3. The molecule has 1 aliphatic rings. The van der Waals surface area contributed by atoms with E-state index in [2.05, 4.69) is 23.9 Å². The molecular formula is C19H28N4O3. The van der Waals surface area contributed by atoms with Crippen molar-refractivity contribution in [3.8, 4) is 0 Å². The zero-order chi connectivity index (χ0) is 18.9. The fourth-order valence-corrected chi connectivity index (χ4v) is 3.40. The lowest BCUT2D eigenvalue weighted by atomic mass is 9.99. The highest BCUT2D eigenvalue weighted by Crippen LogP contribution is 2.25. The molecule has 1 aliphatic heterocycles. The summed E-state index contributed by atoms with van der Waals surface area (Å²) in [7, 11) is 1.68. The number of carbonyl (C=O) groups is 1. The Balaban J connectivity index is 1.86. The normalized spacial score (nSPS) is 20.9. The van der Waals surface area contributed by atoms with Crippen molar-refractivity contribution < 1.29 is 14.3 Å². The second kappa shape index (κ2) is 7.32. The van der Waals surface area contributed by atoms with Crippen LogP contribution in [0, 0.1) is 6.92 Å². The topological polar surface area (TPSA) is 69.5 Å². The van der Waals surface area contributed by atoms with Crippen LogP contribution in [0.4, 0.5) is 0 Å². The summed E-state index contributed by atoms with van der Waals surface area (Å²) in [4.78, 5) is 19.7. The molecule has 1 amide bonds. The SMILES string of the molecule is COCCC1(C)CN(C(=O)c2cc3cnn(C(C)C)c3nc2C)CCO1. The van der Waals surface area contributed by atoms with Gasteiger partial charge in [0.05, 0.1) is 29.7 Å². The molecule has 2 aromatic rings. The number of aromatic nitrogens is 3. The van der Waals surface area contributed by atoms with Crippen LogP contribution in [0.25, 0.3) is 11.0 Å². The van der Waals surface area contributed by atoms with E-state index >= 15 is 0 Å². The Bertz CT molecular complexity index is 801. The first-order chi connectivity index (χ1) is 12.3. The summed E-state index contributed by atoms with van der Waals surface area (Å²) in [6, 6.07) is 2.13. The third-order valence-corrected chi connectivity index (χ3v) is 4.94. The number of carbonyl (C=O) groups excluding carboxylic acids is 1.